The summed E-state index contributed by atoms with van der Waals surface area (Å²) in [5.74, 6) is 3.08. The van der Waals surface area contributed by atoms with Crippen molar-refractivity contribution in [3.63, 3.8) is 0 Å². The predicted molar refractivity (Wildman–Crippen MR) is 120 cm³/mol. The Kier molecular flexibility index (Phi) is 5.18. The van der Waals surface area contributed by atoms with Crippen LogP contribution in [0.4, 0.5) is 0 Å². The Morgan fingerprint density at radius 1 is 1.13 bits per heavy atom. The highest BCUT2D eigenvalue weighted by Gasteiger charge is 2.59. The van der Waals surface area contributed by atoms with Crippen molar-refractivity contribution in [3.8, 4) is 0 Å². The monoisotopic (exact) mass is 430 g/mol. The third kappa shape index (κ3) is 3.34. The zero-order chi connectivity index (χ0) is 22.2. The van der Waals surface area contributed by atoms with Gasteiger partial charge in [-0.25, -0.2) is 4.79 Å². The van der Waals surface area contributed by atoms with Gasteiger partial charge in [0.2, 0.25) is 0 Å². The minimum absolute atomic E-state index is 0.132. The van der Waals surface area contributed by atoms with Crippen molar-refractivity contribution in [1.29, 1.82) is 0 Å². The molecule has 0 radical (unpaired) electrons. The summed E-state index contributed by atoms with van der Waals surface area (Å²) in [5, 5.41) is 20.4. The molecule has 0 bridgehead atoms. The summed E-state index contributed by atoms with van der Waals surface area (Å²) >= 11 is 0. The molecule has 4 nitrogen and oxygen atoms in total. The molecule has 174 valence electrons. The second kappa shape index (κ2) is 7.32. The van der Waals surface area contributed by atoms with E-state index in [1.807, 2.05) is 0 Å². The lowest BCUT2D eigenvalue weighted by Crippen LogP contribution is -2.50. The number of allylic oxidation sites excluding steroid dienone is 1. The molecule has 0 aromatic carbocycles. The fraction of sp³-hybridized carbons (Fsp3) is 0.889. The van der Waals surface area contributed by atoms with Gasteiger partial charge < -0.3 is 14.9 Å². The highest BCUT2D eigenvalue weighted by atomic mass is 16.6. The van der Waals surface area contributed by atoms with Gasteiger partial charge in [-0.05, 0) is 105 Å². The lowest BCUT2D eigenvalue weighted by molar-refractivity contribution is -0.154. The maximum atomic E-state index is 11.9. The predicted octanol–water partition coefficient (Wildman–Crippen LogP) is 5.02. The third-order valence-electron chi connectivity index (χ3n) is 10.8. The molecule has 10 atom stereocenters. The topological polar surface area (TPSA) is 66.8 Å². The van der Waals surface area contributed by atoms with Crippen LogP contribution in [0.5, 0.6) is 0 Å². The molecule has 2 unspecified atom stereocenters. The molecular weight excluding hydrogens is 388 g/mol. The van der Waals surface area contributed by atoms with Gasteiger partial charge in [-0.3, -0.25) is 0 Å². The van der Waals surface area contributed by atoms with Gasteiger partial charge in [0, 0.05) is 6.42 Å². The van der Waals surface area contributed by atoms with Crippen molar-refractivity contribution in [2.45, 2.75) is 110 Å². The standard InChI is InChI=1S/C27H42O4/c1-16(13-19-15-27(4,30)24(29)31-19)21-7-8-22-20-6-5-17-14-18(28)9-11-25(17,2)23(20)10-12-26(21,22)3/h5,16,18-23,28,30H,6-15H2,1-4H3/t16-,18+,19?,20+,21-,22+,23+,25+,26-,27?/m1/s1. The van der Waals surface area contributed by atoms with E-state index in [0.29, 0.717) is 29.1 Å². The largest absolute Gasteiger partial charge is 0.460 e. The molecule has 5 aliphatic rings. The summed E-state index contributed by atoms with van der Waals surface area (Å²) in [6.45, 7) is 9.00. The molecule has 4 fully saturated rings. The lowest BCUT2D eigenvalue weighted by Gasteiger charge is -2.58. The summed E-state index contributed by atoms with van der Waals surface area (Å²) in [7, 11) is 0. The molecule has 2 N–H and O–H groups in total. The minimum atomic E-state index is -1.31. The molecule has 0 spiro atoms. The van der Waals surface area contributed by atoms with Crippen LogP contribution < -0.4 is 0 Å². The first-order valence-electron chi connectivity index (χ1n) is 12.9. The maximum Gasteiger partial charge on any atom is 0.338 e. The molecular formula is C27H42O4. The molecule has 3 saturated carbocycles. The molecule has 31 heavy (non-hydrogen) atoms. The van der Waals surface area contributed by atoms with Gasteiger partial charge in [-0.15, -0.1) is 0 Å². The van der Waals surface area contributed by atoms with Crippen LogP contribution in [0.2, 0.25) is 0 Å². The van der Waals surface area contributed by atoms with Crippen molar-refractivity contribution in [1.82, 2.24) is 0 Å². The number of cyclic esters (lactones) is 1. The number of carbonyl (C=O) groups is 1. The summed E-state index contributed by atoms with van der Waals surface area (Å²) in [5.41, 5.74) is 0.923. The fourth-order valence-electron chi connectivity index (χ4n) is 9.17. The van der Waals surface area contributed by atoms with Gasteiger partial charge in [0.15, 0.2) is 5.60 Å². The van der Waals surface area contributed by atoms with E-state index in [-0.39, 0.29) is 12.2 Å². The second-order valence-corrected chi connectivity index (χ2v) is 12.6. The van der Waals surface area contributed by atoms with Crippen LogP contribution in [0.1, 0.15) is 91.9 Å². The van der Waals surface area contributed by atoms with Crippen molar-refractivity contribution in [2.24, 2.45) is 40.4 Å². The van der Waals surface area contributed by atoms with E-state index in [1.165, 1.54) is 32.1 Å². The van der Waals surface area contributed by atoms with E-state index in [9.17, 15) is 15.0 Å². The van der Waals surface area contributed by atoms with Gasteiger partial charge in [-0.1, -0.05) is 32.4 Å². The van der Waals surface area contributed by atoms with E-state index >= 15 is 0 Å². The quantitative estimate of drug-likeness (QED) is 0.487. The molecule has 4 heteroatoms. The Balaban J connectivity index is 1.32. The number of fused-ring (bicyclic) bond motifs is 5. The lowest BCUT2D eigenvalue weighted by atomic mass is 9.47. The molecule has 4 aliphatic carbocycles. The van der Waals surface area contributed by atoms with Crippen molar-refractivity contribution >= 4 is 5.97 Å². The number of aliphatic hydroxyl groups excluding tert-OH is 1. The molecule has 5 rings (SSSR count). The highest BCUT2D eigenvalue weighted by Crippen LogP contribution is 2.67. The van der Waals surface area contributed by atoms with Crippen LogP contribution in [-0.4, -0.2) is 34.0 Å². The summed E-state index contributed by atoms with van der Waals surface area (Å²) in [6.07, 6.45) is 13.0. The van der Waals surface area contributed by atoms with Crippen molar-refractivity contribution in [2.75, 3.05) is 0 Å². The molecule has 1 heterocycles. The number of hydrogen-bond acceptors (Lipinski definition) is 4. The van der Waals surface area contributed by atoms with Crippen LogP contribution in [0.25, 0.3) is 0 Å². The normalized spacial score (nSPS) is 52.6. The van der Waals surface area contributed by atoms with Crippen LogP contribution in [0.3, 0.4) is 0 Å². The van der Waals surface area contributed by atoms with Crippen LogP contribution in [-0.2, 0) is 9.53 Å². The summed E-state index contributed by atoms with van der Waals surface area (Å²) < 4.78 is 5.53. The minimum Gasteiger partial charge on any atom is -0.460 e. The van der Waals surface area contributed by atoms with E-state index in [0.717, 1.165) is 43.4 Å². The van der Waals surface area contributed by atoms with E-state index in [2.05, 4.69) is 26.8 Å². The van der Waals surface area contributed by atoms with Gasteiger partial charge >= 0.3 is 5.97 Å². The Bertz CT molecular complexity index is 771. The Morgan fingerprint density at radius 3 is 2.61 bits per heavy atom. The van der Waals surface area contributed by atoms with E-state index in [1.54, 1.807) is 12.5 Å². The summed E-state index contributed by atoms with van der Waals surface area (Å²) in [6, 6.07) is 0. The number of aliphatic hydroxyl groups is 2. The Hall–Kier alpha value is -0.870. The Labute approximate surface area is 187 Å². The van der Waals surface area contributed by atoms with Crippen LogP contribution >= 0.6 is 0 Å². The molecule has 0 aromatic heterocycles. The first-order valence-corrected chi connectivity index (χ1v) is 12.9. The average molecular weight is 431 g/mol. The number of hydrogen-bond donors (Lipinski definition) is 2. The summed E-state index contributed by atoms with van der Waals surface area (Å²) in [4.78, 5) is 11.9. The average Bonchev–Trinajstić information content (AvgIpc) is 3.17. The first kappa shape index (κ1) is 21.9. The zero-order valence-corrected chi connectivity index (χ0v) is 19.9. The van der Waals surface area contributed by atoms with Crippen molar-refractivity contribution in [3.05, 3.63) is 11.6 Å². The number of rotatable bonds is 3. The van der Waals surface area contributed by atoms with Crippen molar-refractivity contribution < 1.29 is 19.7 Å². The number of ether oxygens (including phenoxy) is 1. The number of carbonyl (C=O) groups excluding carboxylic acids is 1. The Morgan fingerprint density at radius 2 is 1.90 bits per heavy atom. The fourth-order valence-corrected chi connectivity index (χ4v) is 9.17. The highest BCUT2D eigenvalue weighted by molar-refractivity contribution is 5.80. The molecule has 0 amide bonds. The maximum absolute atomic E-state index is 11.9. The van der Waals surface area contributed by atoms with E-state index < -0.39 is 11.6 Å². The SMILES string of the molecule is C[C@H](CC1CC(C)(O)C(=O)O1)[C@H]1CC[C@H]2[C@@H]3CC=C4C[C@@H](O)CC[C@]4(C)[C@H]3CC[C@]12C. The van der Waals surface area contributed by atoms with Gasteiger partial charge in [0.05, 0.1) is 6.10 Å². The first-order chi connectivity index (χ1) is 14.5. The zero-order valence-electron chi connectivity index (χ0n) is 19.9. The molecule has 1 saturated heterocycles. The van der Waals surface area contributed by atoms with Gasteiger partial charge in [0.1, 0.15) is 6.10 Å². The van der Waals surface area contributed by atoms with Gasteiger partial charge in [0.25, 0.3) is 0 Å². The smallest absolute Gasteiger partial charge is 0.338 e. The molecule has 1 aliphatic heterocycles. The van der Waals surface area contributed by atoms with Gasteiger partial charge in [-0.2, -0.15) is 0 Å². The van der Waals surface area contributed by atoms with E-state index in [4.69, 9.17) is 4.74 Å². The molecule has 0 aromatic rings. The second-order valence-electron chi connectivity index (χ2n) is 12.6. The number of esters is 1. The van der Waals surface area contributed by atoms with Crippen LogP contribution in [0, 0.1) is 40.4 Å². The van der Waals surface area contributed by atoms with Crippen LogP contribution in [0.15, 0.2) is 11.6 Å². The third-order valence-corrected chi connectivity index (χ3v) is 10.8.